The molecule has 1 aromatic carbocycles. The zero-order chi connectivity index (χ0) is 12.8. The molecule has 0 heterocycles. The number of hydrogen-bond donors (Lipinski definition) is 1. The minimum absolute atomic E-state index is 0.425. The van der Waals surface area contributed by atoms with E-state index in [0.29, 0.717) is 6.42 Å². The molecule has 3 nitrogen and oxygen atoms in total. The molecule has 0 radical (unpaired) electrons. The molecule has 17 heavy (non-hydrogen) atoms. The van der Waals surface area contributed by atoms with E-state index in [1.54, 1.807) is 0 Å². The van der Waals surface area contributed by atoms with Gasteiger partial charge < -0.3 is 5.11 Å². The molecular weight excluding hydrogens is 214 g/mol. The van der Waals surface area contributed by atoms with Gasteiger partial charge >= 0.3 is 5.97 Å². The summed E-state index contributed by atoms with van der Waals surface area (Å²) in [5.74, 6) is -0.739. The van der Waals surface area contributed by atoms with Gasteiger partial charge in [-0.25, -0.2) is 0 Å². The van der Waals surface area contributed by atoms with Crippen LogP contribution in [0.25, 0.3) is 0 Å². The smallest absolute Gasteiger partial charge is 0.321 e. The van der Waals surface area contributed by atoms with Gasteiger partial charge in [0.15, 0.2) is 0 Å². The molecule has 3 heteroatoms. The summed E-state index contributed by atoms with van der Waals surface area (Å²) in [5, 5.41) is 9.32. The number of rotatable bonds is 6. The third-order valence-corrected chi connectivity index (χ3v) is 3.21. The van der Waals surface area contributed by atoms with Crippen LogP contribution in [0.4, 0.5) is 0 Å². The number of aliphatic carboxylic acids is 1. The van der Waals surface area contributed by atoms with E-state index in [9.17, 15) is 9.90 Å². The van der Waals surface area contributed by atoms with E-state index < -0.39 is 12.0 Å². The summed E-state index contributed by atoms with van der Waals surface area (Å²) < 4.78 is 0. The van der Waals surface area contributed by atoms with Crippen molar-refractivity contribution in [3.05, 3.63) is 35.4 Å². The highest BCUT2D eigenvalue weighted by Gasteiger charge is 2.23. The number of nitrogens with zero attached hydrogens (tertiary/aromatic N) is 1. The van der Waals surface area contributed by atoms with Gasteiger partial charge in [0.2, 0.25) is 0 Å². The Morgan fingerprint density at radius 3 is 2.35 bits per heavy atom. The molecule has 0 amide bonds. The molecule has 94 valence electrons. The van der Waals surface area contributed by atoms with Crippen LogP contribution in [0.15, 0.2) is 24.3 Å². The van der Waals surface area contributed by atoms with E-state index in [0.717, 1.165) is 24.2 Å². The molecule has 0 aliphatic carbocycles. The van der Waals surface area contributed by atoms with Gasteiger partial charge in [0.1, 0.15) is 6.04 Å². The Morgan fingerprint density at radius 1 is 1.29 bits per heavy atom. The van der Waals surface area contributed by atoms with Crippen molar-refractivity contribution in [2.45, 2.75) is 33.2 Å². The summed E-state index contributed by atoms with van der Waals surface area (Å²) in [4.78, 5) is 13.3. The number of carboxylic acid groups (broad SMARTS) is 1. The Balaban J connectivity index is 2.87. The first-order valence-electron chi connectivity index (χ1n) is 6.11. The largest absolute Gasteiger partial charge is 0.480 e. The Bertz CT molecular complexity index is 372. The van der Waals surface area contributed by atoms with Gasteiger partial charge in [-0.2, -0.15) is 0 Å². The van der Waals surface area contributed by atoms with Gasteiger partial charge in [-0.3, -0.25) is 9.69 Å². The fraction of sp³-hybridized carbons (Fsp3) is 0.500. The van der Waals surface area contributed by atoms with Crippen LogP contribution in [-0.2, 0) is 11.2 Å². The van der Waals surface area contributed by atoms with Gasteiger partial charge in [0, 0.05) is 0 Å². The molecule has 0 aromatic heterocycles. The van der Waals surface area contributed by atoms with Crippen molar-refractivity contribution in [2.24, 2.45) is 0 Å². The fourth-order valence-electron chi connectivity index (χ4n) is 2.08. The van der Waals surface area contributed by atoms with Crippen molar-refractivity contribution in [1.82, 2.24) is 4.90 Å². The van der Waals surface area contributed by atoms with Gasteiger partial charge in [-0.15, -0.1) is 0 Å². The lowest BCUT2D eigenvalue weighted by Crippen LogP contribution is -2.42. The molecule has 0 aliphatic heterocycles. The number of benzene rings is 1. The highest BCUT2D eigenvalue weighted by atomic mass is 16.4. The molecule has 0 saturated heterocycles. The molecule has 0 fully saturated rings. The topological polar surface area (TPSA) is 40.5 Å². The molecule has 0 saturated carbocycles. The standard InChI is InChI=1S/C14H21NO2/c1-4-15(5-2)13(14(16)17)10-12-9-7-6-8-11(12)3/h6-9,13H,4-5,10H2,1-3H3,(H,16,17)/t13-/m1/s1. The summed E-state index contributed by atoms with van der Waals surface area (Å²) in [6.07, 6.45) is 0.573. The second-order valence-electron chi connectivity index (χ2n) is 4.21. The lowest BCUT2D eigenvalue weighted by molar-refractivity contribution is -0.143. The van der Waals surface area contributed by atoms with Crippen LogP contribution >= 0.6 is 0 Å². The molecular formula is C14H21NO2. The predicted octanol–water partition coefficient (Wildman–Crippen LogP) is 2.33. The molecule has 1 aromatic rings. The van der Waals surface area contributed by atoms with E-state index in [4.69, 9.17) is 0 Å². The molecule has 0 spiro atoms. The fourth-order valence-corrected chi connectivity index (χ4v) is 2.08. The monoisotopic (exact) mass is 235 g/mol. The molecule has 0 unspecified atom stereocenters. The van der Waals surface area contributed by atoms with Crippen LogP contribution in [-0.4, -0.2) is 35.1 Å². The van der Waals surface area contributed by atoms with Crippen LogP contribution in [0.1, 0.15) is 25.0 Å². The summed E-state index contributed by atoms with van der Waals surface area (Å²) in [6.45, 7) is 7.55. The lowest BCUT2D eigenvalue weighted by atomic mass is 10.00. The summed E-state index contributed by atoms with van der Waals surface area (Å²) in [6, 6.07) is 7.55. The maximum Gasteiger partial charge on any atom is 0.321 e. The quantitative estimate of drug-likeness (QED) is 0.822. The summed E-state index contributed by atoms with van der Waals surface area (Å²) in [7, 11) is 0. The van der Waals surface area contributed by atoms with Crippen LogP contribution in [0.3, 0.4) is 0 Å². The number of carbonyl (C=O) groups is 1. The molecule has 0 bridgehead atoms. The van der Waals surface area contributed by atoms with Crippen LogP contribution < -0.4 is 0 Å². The average molecular weight is 235 g/mol. The Kier molecular flexibility index (Phi) is 5.16. The first-order valence-corrected chi connectivity index (χ1v) is 6.11. The molecule has 1 N–H and O–H groups in total. The Labute approximate surface area is 103 Å². The van der Waals surface area contributed by atoms with Gasteiger partial charge in [-0.1, -0.05) is 38.1 Å². The van der Waals surface area contributed by atoms with Crippen molar-refractivity contribution >= 4 is 5.97 Å². The SMILES string of the molecule is CCN(CC)[C@H](Cc1ccccc1C)C(=O)O. The minimum atomic E-state index is -0.739. The van der Waals surface area contributed by atoms with Crippen molar-refractivity contribution in [3.63, 3.8) is 0 Å². The second-order valence-corrected chi connectivity index (χ2v) is 4.21. The van der Waals surface area contributed by atoms with E-state index in [-0.39, 0.29) is 0 Å². The third kappa shape index (κ3) is 3.56. The molecule has 0 aliphatic rings. The first kappa shape index (κ1) is 13.7. The third-order valence-electron chi connectivity index (χ3n) is 3.21. The van der Waals surface area contributed by atoms with Gasteiger partial charge in [0.25, 0.3) is 0 Å². The summed E-state index contributed by atoms with van der Waals surface area (Å²) in [5.41, 5.74) is 2.28. The molecule has 1 rings (SSSR count). The number of hydrogen-bond acceptors (Lipinski definition) is 2. The van der Waals surface area contributed by atoms with Crippen molar-refractivity contribution < 1.29 is 9.90 Å². The maximum absolute atomic E-state index is 11.3. The summed E-state index contributed by atoms with van der Waals surface area (Å²) >= 11 is 0. The van der Waals surface area contributed by atoms with Gasteiger partial charge in [-0.05, 0) is 37.6 Å². The number of likely N-dealkylation sites (N-methyl/N-ethyl adjacent to an activating group) is 1. The number of aryl methyl sites for hydroxylation is 1. The first-order chi connectivity index (χ1) is 8.10. The van der Waals surface area contributed by atoms with Gasteiger partial charge in [0.05, 0.1) is 0 Å². The highest BCUT2D eigenvalue weighted by Crippen LogP contribution is 2.13. The normalized spacial score (nSPS) is 12.7. The van der Waals surface area contributed by atoms with Crippen LogP contribution in [0, 0.1) is 6.92 Å². The minimum Gasteiger partial charge on any atom is -0.480 e. The zero-order valence-electron chi connectivity index (χ0n) is 10.8. The van der Waals surface area contributed by atoms with E-state index in [2.05, 4.69) is 0 Å². The molecule has 1 atom stereocenters. The van der Waals surface area contributed by atoms with E-state index in [1.165, 1.54) is 0 Å². The number of carboxylic acids is 1. The second kappa shape index (κ2) is 6.40. The van der Waals surface area contributed by atoms with Crippen molar-refractivity contribution in [1.29, 1.82) is 0 Å². The van der Waals surface area contributed by atoms with E-state index >= 15 is 0 Å². The average Bonchev–Trinajstić information content (AvgIpc) is 2.31. The van der Waals surface area contributed by atoms with E-state index in [1.807, 2.05) is 49.9 Å². The van der Waals surface area contributed by atoms with Crippen LogP contribution in [0.2, 0.25) is 0 Å². The Hall–Kier alpha value is -1.35. The van der Waals surface area contributed by atoms with Crippen molar-refractivity contribution in [3.8, 4) is 0 Å². The predicted molar refractivity (Wildman–Crippen MR) is 69.2 cm³/mol. The van der Waals surface area contributed by atoms with Crippen LogP contribution in [0.5, 0.6) is 0 Å². The zero-order valence-corrected chi connectivity index (χ0v) is 10.8. The maximum atomic E-state index is 11.3. The highest BCUT2D eigenvalue weighted by molar-refractivity contribution is 5.74. The lowest BCUT2D eigenvalue weighted by Gasteiger charge is -2.26. The van der Waals surface area contributed by atoms with Crippen molar-refractivity contribution in [2.75, 3.05) is 13.1 Å². The Morgan fingerprint density at radius 2 is 1.88 bits per heavy atom.